The second kappa shape index (κ2) is 8.19. The molecule has 0 spiro atoms. The second-order valence-electron chi connectivity index (χ2n) is 7.05. The molecule has 0 atom stereocenters. The molecular weight excluding hydrogens is 495 g/mol. The molecule has 2 heterocycles. The van der Waals surface area contributed by atoms with Gasteiger partial charge in [-0.1, -0.05) is 0 Å². The molecule has 2 aromatic heterocycles. The average molecular weight is 513 g/mol. The molecule has 12 heteroatoms. The number of fused-ring (bicyclic) bond motifs is 1. The number of hydrogen-bond acceptors (Lipinski definition) is 8. The lowest BCUT2D eigenvalue weighted by Crippen LogP contribution is -2.15. The van der Waals surface area contributed by atoms with Crippen molar-refractivity contribution in [2.75, 3.05) is 11.0 Å². The van der Waals surface area contributed by atoms with Crippen LogP contribution in [0.2, 0.25) is 0 Å². The number of hydrogen-bond donors (Lipinski definition) is 2. The SMILES string of the molecule is Cc1c(S(=O)(=O)Nc2ccc(-c3nc(CO)cs3)cc2S(C)(=O)=O)sc2ccc(F)cc12. The number of aryl methyl sites for hydroxylation is 1. The first-order valence-corrected chi connectivity index (χ1v) is 14.2. The van der Waals surface area contributed by atoms with Crippen LogP contribution < -0.4 is 4.72 Å². The maximum atomic E-state index is 13.6. The molecule has 0 fully saturated rings. The number of sulfone groups is 1. The van der Waals surface area contributed by atoms with E-state index in [1.165, 1.54) is 41.7 Å². The summed E-state index contributed by atoms with van der Waals surface area (Å²) in [6.45, 7) is 1.33. The Balaban J connectivity index is 1.79. The number of sulfonamides is 1. The zero-order valence-corrected chi connectivity index (χ0v) is 20.1. The molecule has 0 saturated heterocycles. The molecule has 0 unspecified atom stereocenters. The summed E-state index contributed by atoms with van der Waals surface area (Å²) in [6, 6.07) is 8.30. The Labute approximate surface area is 192 Å². The Morgan fingerprint density at radius 2 is 1.88 bits per heavy atom. The van der Waals surface area contributed by atoms with Gasteiger partial charge in [-0.25, -0.2) is 26.2 Å². The highest BCUT2D eigenvalue weighted by atomic mass is 32.2. The van der Waals surface area contributed by atoms with Crippen molar-refractivity contribution in [3.05, 3.63) is 58.9 Å². The van der Waals surface area contributed by atoms with Crippen molar-refractivity contribution in [1.82, 2.24) is 4.98 Å². The zero-order valence-electron chi connectivity index (χ0n) is 16.8. The van der Waals surface area contributed by atoms with Crippen LogP contribution >= 0.6 is 22.7 Å². The molecule has 4 aromatic rings. The van der Waals surface area contributed by atoms with Gasteiger partial charge in [0, 0.05) is 21.9 Å². The lowest BCUT2D eigenvalue weighted by Gasteiger charge is -2.12. The van der Waals surface area contributed by atoms with Crippen LogP contribution in [-0.2, 0) is 26.5 Å². The summed E-state index contributed by atoms with van der Waals surface area (Å²) in [5.74, 6) is -0.475. The minimum Gasteiger partial charge on any atom is -0.390 e. The van der Waals surface area contributed by atoms with Crippen LogP contribution in [0.4, 0.5) is 10.1 Å². The Hall–Kier alpha value is -2.38. The second-order valence-corrected chi connectivity index (χ2v) is 12.8. The van der Waals surface area contributed by atoms with Crippen LogP contribution in [0.1, 0.15) is 11.3 Å². The number of aromatic nitrogens is 1. The Morgan fingerprint density at radius 1 is 1.12 bits per heavy atom. The van der Waals surface area contributed by atoms with Gasteiger partial charge < -0.3 is 5.11 Å². The van der Waals surface area contributed by atoms with Crippen molar-refractivity contribution in [2.45, 2.75) is 22.6 Å². The molecule has 0 radical (unpaired) electrons. The summed E-state index contributed by atoms with van der Waals surface area (Å²) in [5, 5.41) is 11.8. The molecule has 0 saturated carbocycles. The van der Waals surface area contributed by atoms with E-state index < -0.39 is 25.7 Å². The van der Waals surface area contributed by atoms with Crippen molar-refractivity contribution in [3.8, 4) is 10.6 Å². The van der Waals surface area contributed by atoms with Gasteiger partial charge in [0.1, 0.15) is 15.0 Å². The number of aliphatic hydroxyl groups excluding tert-OH is 1. The maximum absolute atomic E-state index is 13.6. The third-order valence-electron chi connectivity index (χ3n) is 4.68. The highest BCUT2D eigenvalue weighted by Gasteiger charge is 2.25. The van der Waals surface area contributed by atoms with Crippen LogP contribution in [-0.4, -0.2) is 33.2 Å². The molecule has 7 nitrogen and oxygen atoms in total. The lowest BCUT2D eigenvalue weighted by molar-refractivity contribution is 0.278. The van der Waals surface area contributed by atoms with Gasteiger partial charge >= 0.3 is 0 Å². The largest absolute Gasteiger partial charge is 0.390 e. The Bertz CT molecular complexity index is 1560. The fraction of sp³-hybridized carbons (Fsp3) is 0.150. The molecule has 0 amide bonds. The van der Waals surface area contributed by atoms with E-state index in [-0.39, 0.29) is 21.4 Å². The molecule has 0 bridgehead atoms. The summed E-state index contributed by atoms with van der Waals surface area (Å²) in [7, 11) is -7.95. The number of halogens is 1. The van der Waals surface area contributed by atoms with Gasteiger partial charge in [-0.3, -0.25) is 4.72 Å². The smallest absolute Gasteiger partial charge is 0.271 e. The van der Waals surface area contributed by atoms with Crippen molar-refractivity contribution in [1.29, 1.82) is 0 Å². The topological polar surface area (TPSA) is 113 Å². The molecule has 0 aliphatic carbocycles. The van der Waals surface area contributed by atoms with Crippen LogP contribution in [0.25, 0.3) is 20.7 Å². The van der Waals surface area contributed by atoms with E-state index in [1.54, 1.807) is 18.4 Å². The third-order valence-corrected chi connectivity index (χ3v) is 10.0. The summed E-state index contributed by atoms with van der Waals surface area (Å²) in [4.78, 5) is 4.02. The normalized spacial score (nSPS) is 12.4. The number of nitrogens with zero attached hydrogens (tertiary/aromatic N) is 1. The van der Waals surface area contributed by atoms with Gasteiger partial charge in [0.05, 0.1) is 22.9 Å². The predicted molar refractivity (Wildman–Crippen MR) is 124 cm³/mol. The molecule has 4 rings (SSSR count). The monoisotopic (exact) mass is 512 g/mol. The van der Waals surface area contributed by atoms with E-state index in [0.29, 0.717) is 31.9 Å². The zero-order chi connectivity index (χ0) is 23.3. The third kappa shape index (κ3) is 4.28. The van der Waals surface area contributed by atoms with E-state index in [9.17, 15) is 26.3 Å². The highest BCUT2D eigenvalue weighted by Crippen LogP contribution is 2.37. The van der Waals surface area contributed by atoms with Crippen molar-refractivity contribution < 1.29 is 26.3 Å². The molecule has 2 aromatic carbocycles. The van der Waals surface area contributed by atoms with Crippen molar-refractivity contribution >= 4 is 58.3 Å². The highest BCUT2D eigenvalue weighted by molar-refractivity contribution is 7.95. The van der Waals surface area contributed by atoms with E-state index in [0.717, 1.165) is 17.6 Å². The minimum atomic E-state index is -4.14. The van der Waals surface area contributed by atoms with Crippen LogP contribution in [0.15, 0.2) is 50.9 Å². The van der Waals surface area contributed by atoms with Gasteiger partial charge in [0.15, 0.2) is 9.84 Å². The molecule has 168 valence electrons. The molecular formula is C20H17FN2O5S4. The summed E-state index contributed by atoms with van der Waals surface area (Å²) >= 11 is 2.21. The number of nitrogens with one attached hydrogen (secondary N) is 1. The van der Waals surface area contributed by atoms with E-state index >= 15 is 0 Å². The fourth-order valence-corrected chi connectivity index (χ4v) is 7.74. The lowest BCUT2D eigenvalue weighted by atomic mass is 10.2. The summed E-state index contributed by atoms with van der Waals surface area (Å²) < 4.78 is 67.7. The summed E-state index contributed by atoms with van der Waals surface area (Å²) in [6.07, 6.45) is 0.985. The first-order chi connectivity index (χ1) is 15.0. The molecule has 0 aliphatic heterocycles. The van der Waals surface area contributed by atoms with E-state index in [1.807, 2.05) is 0 Å². The number of anilines is 1. The quantitative estimate of drug-likeness (QED) is 0.401. The number of thiophene rings is 1. The van der Waals surface area contributed by atoms with Gasteiger partial charge in [-0.05, 0) is 54.3 Å². The predicted octanol–water partition coefficient (Wildman–Crippen LogP) is 4.17. The van der Waals surface area contributed by atoms with Crippen molar-refractivity contribution in [3.63, 3.8) is 0 Å². The van der Waals surface area contributed by atoms with Crippen LogP contribution in [0.5, 0.6) is 0 Å². The number of benzene rings is 2. The van der Waals surface area contributed by atoms with Crippen molar-refractivity contribution in [2.24, 2.45) is 0 Å². The van der Waals surface area contributed by atoms with E-state index in [4.69, 9.17) is 0 Å². The number of rotatable bonds is 6. The molecule has 0 aliphatic rings. The Kier molecular flexibility index (Phi) is 5.84. The summed E-state index contributed by atoms with van der Waals surface area (Å²) in [5.41, 5.74) is 1.21. The van der Waals surface area contributed by atoms with Gasteiger partial charge in [-0.15, -0.1) is 22.7 Å². The molecule has 2 N–H and O–H groups in total. The van der Waals surface area contributed by atoms with Gasteiger partial charge in [0.2, 0.25) is 0 Å². The molecule has 32 heavy (non-hydrogen) atoms. The number of thiazole rings is 1. The first kappa shape index (κ1) is 22.8. The van der Waals surface area contributed by atoms with Gasteiger partial charge in [0.25, 0.3) is 10.0 Å². The maximum Gasteiger partial charge on any atom is 0.271 e. The van der Waals surface area contributed by atoms with Gasteiger partial charge in [-0.2, -0.15) is 0 Å². The van der Waals surface area contributed by atoms with Crippen LogP contribution in [0, 0.1) is 12.7 Å². The van der Waals surface area contributed by atoms with Crippen LogP contribution in [0.3, 0.4) is 0 Å². The standard InChI is InChI=1S/C20H17FN2O5S4/c1-11-15-8-13(21)4-6-17(15)30-20(11)32(27,28)23-16-5-3-12(7-18(16)31(2,25)26)19-22-14(9-24)10-29-19/h3-8,10,23-24H,9H2,1-2H3. The first-order valence-electron chi connectivity index (χ1n) is 9.11. The Morgan fingerprint density at radius 3 is 2.53 bits per heavy atom. The van der Waals surface area contributed by atoms with E-state index in [2.05, 4.69) is 9.71 Å². The minimum absolute atomic E-state index is 0.0193. The average Bonchev–Trinajstić information content (AvgIpc) is 3.32. The number of aliphatic hydroxyl groups is 1. The fourth-order valence-electron chi connectivity index (χ4n) is 3.18.